The summed E-state index contributed by atoms with van der Waals surface area (Å²) in [5.41, 5.74) is 3.79. The lowest BCUT2D eigenvalue weighted by Crippen LogP contribution is -1.92. The van der Waals surface area contributed by atoms with Crippen LogP contribution in [-0.2, 0) is 12.8 Å². The molecule has 0 amide bonds. The number of hydrogen-bond donors (Lipinski definition) is 1. The molecule has 0 aliphatic heterocycles. The van der Waals surface area contributed by atoms with Crippen molar-refractivity contribution in [2.24, 2.45) is 0 Å². The largest absolute Gasteiger partial charge is 0.281 e. The summed E-state index contributed by atoms with van der Waals surface area (Å²) in [6.07, 6.45) is 7.73. The maximum Gasteiger partial charge on any atom is 0.0926 e. The van der Waals surface area contributed by atoms with Gasteiger partial charge in [0.25, 0.3) is 0 Å². The predicted molar refractivity (Wildman–Crippen MR) is 57.3 cm³/mol. The van der Waals surface area contributed by atoms with Gasteiger partial charge in [-0.05, 0) is 30.9 Å². The molecule has 1 aromatic heterocycles. The fraction of sp³-hybridized carbons (Fsp3) is 0.250. The van der Waals surface area contributed by atoms with Gasteiger partial charge in [0.05, 0.1) is 5.52 Å². The van der Waals surface area contributed by atoms with Crippen LogP contribution in [0.15, 0.2) is 30.4 Å². The monoisotopic (exact) mass is 184 g/mol. The van der Waals surface area contributed by atoms with Crippen LogP contribution in [0.5, 0.6) is 0 Å². The van der Waals surface area contributed by atoms with Crippen molar-refractivity contribution >= 4 is 10.9 Å². The Kier molecular flexibility index (Phi) is 1.66. The van der Waals surface area contributed by atoms with Crippen LogP contribution in [0.2, 0.25) is 0 Å². The summed E-state index contributed by atoms with van der Waals surface area (Å²) in [5, 5.41) is 8.80. The third-order valence-electron chi connectivity index (χ3n) is 2.81. The van der Waals surface area contributed by atoms with Gasteiger partial charge in [-0.1, -0.05) is 24.3 Å². The summed E-state index contributed by atoms with van der Waals surface area (Å²) in [5.74, 6) is 0. The van der Waals surface area contributed by atoms with Crippen molar-refractivity contribution < 1.29 is 0 Å². The van der Waals surface area contributed by atoms with Crippen molar-refractivity contribution in [3.05, 3.63) is 41.6 Å². The van der Waals surface area contributed by atoms with E-state index < -0.39 is 0 Å². The van der Waals surface area contributed by atoms with Gasteiger partial charge in [0.2, 0.25) is 0 Å². The molecular weight excluding hydrogens is 172 g/mol. The van der Waals surface area contributed by atoms with Crippen molar-refractivity contribution in [3.8, 4) is 0 Å². The molecule has 0 atom stereocenters. The van der Waals surface area contributed by atoms with E-state index in [0.717, 1.165) is 24.8 Å². The first-order chi connectivity index (χ1) is 6.95. The first-order valence-corrected chi connectivity index (χ1v) is 5.05. The Morgan fingerprint density at radius 3 is 3.21 bits per heavy atom. The highest BCUT2D eigenvalue weighted by molar-refractivity contribution is 5.85. The molecule has 3 rings (SSSR count). The van der Waals surface area contributed by atoms with E-state index in [0.29, 0.717) is 0 Å². The Labute approximate surface area is 82.6 Å². The smallest absolute Gasteiger partial charge is 0.0926 e. The first-order valence-electron chi connectivity index (χ1n) is 5.05. The molecule has 0 saturated heterocycles. The molecule has 1 aliphatic carbocycles. The SMILES string of the molecule is C1=CCc2cccc3n[nH]c(c23)CC1. The second-order valence-electron chi connectivity index (χ2n) is 3.73. The summed E-state index contributed by atoms with van der Waals surface area (Å²) < 4.78 is 0. The third-order valence-corrected chi connectivity index (χ3v) is 2.81. The van der Waals surface area contributed by atoms with E-state index in [-0.39, 0.29) is 0 Å². The van der Waals surface area contributed by atoms with Crippen molar-refractivity contribution in [3.63, 3.8) is 0 Å². The Bertz CT molecular complexity index is 494. The molecule has 0 bridgehead atoms. The van der Waals surface area contributed by atoms with E-state index >= 15 is 0 Å². The molecule has 1 aliphatic rings. The number of benzene rings is 1. The van der Waals surface area contributed by atoms with Crippen LogP contribution >= 0.6 is 0 Å². The molecule has 0 saturated carbocycles. The zero-order valence-corrected chi connectivity index (χ0v) is 7.96. The van der Waals surface area contributed by atoms with Gasteiger partial charge >= 0.3 is 0 Å². The van der Waals surface area contributed by atoms with Gasteiger partial charge in [-0.2, -0.15) is 5.10 Å². The quantitative estimate of drug-likeness (QED) is 0.626. The van der Waals surface area contributed by atoms with Crippen molar-refractivity contribution in [1.29, 1.82) is 0 Å². The molecule has 0 spiro atoms. The number of nitrogens with one attached hydrogen (secondary N) is 1. The van der Waals surface area contributed by atoms with E-state index in [2.05, 4.69) is 40.5 Å². The minimum Gasteiger partial charge on any atom is -0.281 e. The number of nitrogens with zero attached hydrogens (tertiary/aromatic N) is 1. The zero-order valence-electron chi connectivity index (χ0n) is 7.96. The van der Waals surface area contributed by atoms with Crippen LogP contribution < -0.4 is 0 Å². The van der Waals surface area contributed by atoms with E-state index in [1.807, 2.05) is 0 Å². The number of aromatic nitrogens is 2. The predicted octanol–water partition coefficient (Wildman–Crippen LogP) is 2.61. The summed E-state index contributed by atoms with van der Waals surface area (Å²) in [4.78, 5) is 0. The molecule has 2 nitrogen and oxygen atoms in total. The van der Waals surface area contributed by atoms with Crippen LogP contribution in [0.4, 0.5) is 0 Å². The Balaban J connectivity index is 2.33. The van der Waals surface area contributed by atoms with E-state index in [1.54, 1.807) is 0 Å². The number of rotatable bonds is 0. The topological polar surface area (TPSA) is 28.7 Å². The second kappa shape index (κ2) is 2.98. The fourth-order valence-electron chi connectivity index (χ4n) is 2.12. The summed E-state index contributed by atoms with van der Waals surface area (Å²) >= 11 is 0. The summed E-state index contributed by atoms with van der Waals surface area (Å²) in [7, 11) is 0. The molecular formula is C12H12N2. The zero-order chi connectivity index (χ0) is 9.38. The van der Waals surface area contributed by atoms with Gasteiger partial charge in [-0.25, -0.2) is 0 Å². The maximum absolute atomic E-state index is 4.32. The number of allylic oxidation sites excluding steroid dienone is 2. The molecule has 70 valence electrons. The van der Waals surface area contributed by atoms with Crippen LogP contribution in [0.25, 0.3) is 10.9 Å². The lowest BCUT2D eigenvalue weighted by atomic mass is 10.00. The van der Waals surface area contributed by atoms with Crippen LogP contribution in [0.1, 0.15) is 17.7 Å². The minimum atomic E-state index is 1.03. The van der Waals surface area contributed by atoms with Crippen molar-refractivity contribution in [2.45, 2.75) is 19.3 Å². The molecule has 0 fully saturated rings. The van der Waals surface area contributed by atoms with E-state index in [1.165, 1.54) is 16.6 Å². The van der Waals surface area contributed by atoms with E-state index in [4.69, 9.17) is 0 Å². The number of H-pyrrole nitrogens is 1. The van der Waals surface area contributed by atoms with Gasteiger partial charge < -0.3 is 0 Å². The molecule has 1 N–H and O–H groups in total. The molecule has 0 radical (unpaired) electrons. The second-order valence-corrected chi connectivity index (χ2v) is 3.73. The molecule has 0 unspecified atom stereocenters. The van der Waals surface area contributed by atoms with E-state index in [9.17, 15) is 0 Å². The lowest BCUT2D eigenvalue weighted by Gasteiger charge is -2.04. The standard InChI is InChI=1S/C12H12N2/c1-2-5-9-6-4-8-11-12(9)10(7-3-1)13-14-11/h1-2,4,6,8H,3,5,7H2,(H,13,14). The summed E-state index contributed by atoms with van der Waals surface area (Å²) in [6, 6.07) is 6.35. The third kappa shape index (κ3) is 1.07. The molecule has 2 aromatic rings. The average Bonchev–Trinajstić information content (AvgIpc) is 2.57. The maximum atomic E-state index is 4.32. The van der Waals surface area contributed by atoms with Crippen LogP contribution in [0.3, 0.4) is 0 Å². The highest BCUT2D eigenvalue weighted by Crippen LogP contribution is 2.23. The normalized spacial score (nSPS) is 15.4. The average molecular weight is 184 g/mol. The van der Waals surface area contributed by atoms with Crippen molar-refractivity contribution in [1.82, 2.24) is 10.2 Å². The molecule has 1 aromatic carbocycles. The minimum absolute atomic E-state index is 1.03. The number of hydrogen-bond acceptors (Lipinski definition) is 1. The lowest BCUT2D eigenvalue weighted by molar-refractivity contribution is 0.916. The summed E-state index contributed by atoms with van der Waals surface area (Å²) in [6.45, 7) is 0. The van der Waals surface area contributed by atoms with Gasteiger partial charge in [-0.3, -0.25) is 5.10 Å². The first kappa shape index (κ1) is 7.80. The van der Waals surface area contributed by atoms with Gasteiger partial charge in [0, 0.05) is 11.1 Å². The molecule has 2 heteroatoms. The van der Waals surface area contributed by atoms with Crippen molar-refractivity contribution in [2.75, 3.05) is 0 Å². The number of aromatic amines is 1. The van der Waals surface area contributed by atoms with Crippen LogP contribution in [0, 0.1) is 0 Å². The molecule has 1 heterocycles. The van der Waals surface area contributed by atoms with Gasteiger partial charge in [0.1, 0.15) is 0 Å². The van der Waals surface area contributed by atoms with Crippen LogP contribution in [-0.4, -0.2) is 10.2 Å². The van der Waals surface area contributed by atoms with Gasteiger partial charge in [-0.15, -0.1) is 0 Å². The Morgan fingerprint density at radius 2 is 2.21 bits per heavy atom. The molecule has 14 heavy (non-hydrogen) atoms. The highest BCUT2D eigenvalue weighted by Gasteiger charge is 2.09. The highest BCUT2D eigenvalue weighted by atomic mass is 15.1. The number of aryl methyl sites for hydroxylation is 1. The Morgan fingerprint density at radius 1 is 1.21 bits per heavy atom. The fourth-order valence-corrected chi connectivity index (χ4v) is 2.12. The van der Waals surface area contributed by atoms with Gasteiger partial charge in [0.15, 0.2) is 0 Å². The Hall–Kier alpha value is -1.57.